The minimum absolute atomic E-state index is 0.127. The summed E-state index contributed by atoms with van der Waals surface area (Å²) in [5, 5.41) is 0. The molecule has 0 unspecified atom stereocenters. The van der Waals surface area contributed by atoms with Crippen molar-refractivity contribution in [2.24, 2.45) is 0 Å². The average molecular weight is 388 g/mol. The second-order valence-electron chi connectivity index (χ2n) is 3.82. The largest absolute Gasteiger partial charge is 0.485 e. The number of carbonyl (C=O) groups is 1. The molecule has 0 atom stereocenters. The molecule has 2 nitrogen and oxygen atoms in total. The summed E-state index contributed by atoms with van der Waals surface area (Å²) in [5.41, 5.74) is 0.554. The highest BCUT2D eigenvalue weighted by molar-refractivity contribution is 9.10. The lowest BCUT2D eigenvalue weighted by Gasteiger charge is -2.06. The van der Waals surface area contributed by atoms with Crippen LogP contribution in [0.2, 0.25) is 0 Å². The monoisotopic (exact) mass is 386 g/mol. The highest BCUT2D eigenvalue weighted by atomic mass is 79.9. The van der Waals surface area contributed by atoms with Gasteiger partial charge >= 0.3 is 0 Å². The standard InChI is InChI=1S/C14H9Br2FO2/c15-10-3-1-9(2-4-10)14(18)8-19-13-6-11(16)5-12(17)7-13/h1-7H,8H2. The number of benzene rings is 2. The molecular formula is C14H9Br2FO2. The van der Waals surface area contributed by atoms with Crippen molar-refractivity contribution in [2.45, 2.75) is 0 Å². The first-order valence-electron chi connectivity index (χ1n) is 5.42. The molecule has 0 radical (unpaired) electrons. The van der Waals surface area contributed by atoms with Crippen LogP contribution in [-0.4, -0.2) is 12.4 Å². The molecule has 0 aliphatic heterocycles. The number of rotatable bonds is 4. The molecule has 0 bridgehead atoms. The molecular weight excluding hydrogens is 379 g/mol. The molecule has 0 amide bonds. The van der Waals surface area contributed by atoms with Crippen LogP contribution in [-0.2, 0) is 0 Å². The summed E-state index contributed by atoms with van der Waals surface area (Å²) in [5.74, 6) is -0.259. The predicted molar refractivity (Wildman–Crippen MR) is 78.1 cm³/mol. The van der Waals surface area contributed by atoms with Crippen molar-refractivity contribution in [3.05, 3.63) is 62.8 Å². The average Bonchev–Trinajstić information content (AvgIpc) is 2.36. The molecule has 2 aromatic carbocycles. The summed E-state index contributed by atoms with van der Waals surface area (Å²) in [6.45, 7) is -0.127. The zero-order valence-corrected chi connectivity index (χ0v) is 12.9. The van der Waals surface area contributed by atoms with E-state index < -0.39 is 5.82 Å². The van der Waals surface area contributed by atoms with E-state index in [0.29, 0.717) is 15.8 Å². The van der Waals surface area contributed by atoms with Gasteiger partial charge in [-0.1, -0.05) is 44.0 Å². The van der Waals surface area contributed by atoms with Crippen molar-refractivity contribution < 1.29 is 13.9 Å². The zero-order valence-electron chi connectivity index (χ0n) is 9.70. The van der Waals surface area contributed by atoms with Crippen LogP contribution < -0.4 is 4.74 Å². The Hall–Kier alpha value is -1.20. The van der Waals surface area contributed by atoms with Crippen LogP contribution in [0, 0.1) is 5.82 Å². The molecule has 0 aliphatic carbocycles. The van der Waals surface area contributed by atoms with Gasteiger partial charge in [0.1, 0.15) is 11.6 Å². The van der Waals surface area contributed by atoms with E-state index in [1.807, 2.05) is 0 Å². The second kappa shape index (κ2) is 6.30. The first kappa shape index (κ1) is 14.2. The van der Waals surface area contributed by atoms with Crippen molar-refractivity contribution in [1.82, 2.24) is 0 Å². The Balaban J connectivity index is 2.02. The molecule has 0 aliphatic rings. The summed E-state index contributed by atoms with van der Waals surface area (Å²) < 4.78 is 19.9. The maximum atomic E-state index is 13.1. The van der Waals surface area contributed by atoms with Crippen molar-refractivity contribution in [1.29, 1.82) is 0 Å². The Kier molecular flexibility index (Phi) is 4.71. The Morgan fingerprint density at radius 2 is 1.74 bits per heavy atom. The van der Waals surface area contributed by atoms with Crippen molar-refractivity contribution in [2.75, 3.05) is 6.61 Å². The fourth-order valence-corrected chi connectivity index (χ4v) is 2.19. The van der Waals surface area contributed by atoms with E-state index in [4.69, 9.17) is 4.74 Å². The van der Waals surface area contributed by atoms with Crippen LogP contribution in [0.15, 0.2) is 51.4 Å². The fraction of sp³-hybridized carbons (Fsp3) is 0.0714. The van der Waals surface area contributed by atoms with Gasteiger partial charge in [-0.15, -0.1) is 0 Å². The molecule has 0 saturated carbocycles. The van der Waals surface area contributed by atoms with Crippen molar-refractivity contribution in [3.8, 4) is 5.75 Å². The minimum atomic E-state index is -0.416. The quantitative estimate of drug-likeness (QED) is 0.716. The predicted octanol–water partition coefficient (Wildman–Crippen LogP) is 4.61. The van der Waals surface area contributed by atoms with Gasteiger partial charge in [0.25, 0.3) is 0 Å². The summed E-state index contributed by atoms with van der Waals surface area (Å²) in [6, 6.07) is 11.1. The third-order valence-corrected chi connectivity index (χ3v) is 3.36. The number of Topliss-reactive ketones (excluding diaryl/α,β-unsaturated/α-hetero) is 1. The molecule has 0 heterocycles. The number of hydrogen-bond acceptors (Lipinski definition) is 2. The third kappa shape index (κ3) is 4.14. The second-order valence-corrected chi connectivity index (χ2v) is 5.66. The Morgan fingerprint density at radius 3 is 2.37 bits per heavy atom. The normalized spacial score (nSPS) is 10.3. The van der Waals surface area contributed by atoms with E-state index >= 15 is 0 Å². The molecule has 98 valence electrons. The van der Waals surface area contributed by atoms with Crippen LogP contribution in [0.3, 0.4) is 0 Å². The number of halogens is 3. The Bertz CT molecular complexity index is 577. The van der Waals surface area contributed by atoms with Crippen LogP contribution in [0.25, 0.3) is 0 Å². The van der Waals surface area contributed by atoms with Crippen LogP contribution in [0.1, 0.15) is 10.4 Å². The van der Waals surface area contributed by atoms with Crippen LogP contribution >= 0.6 is 31.9 Å². The minimum Gasteiger partial charge on any atom is -0.485 e. The highest BCUT2D eigenvalue weighted by Crippen LogP contribution is 2.21. The summed E-state index contributed by atoms with van der Waals surface area (Å²) in [7, 11) is 0. The molecule has 2 rings (SSSR count). The first-order valence-corrected chi connectivity index (χ1v) is 7.01. The van der Waals surface area contributed by atoms with E-state index in [1.54, 1.807) is 30.3 Å². The van der Waals surface area contributed by atoms with Gasteiger partial charge in [-0.05, 0) is 24.3 Å². The maximum absolute atomic E-state index is 13.1. The molecule has 0 N–H and O–H groups in total. The SMILES string of the molecule is O=C(COc1cc(F)cc(Br)c1)c1ccc(Br)cc1. The zero-order chi connectivity index (χ0) is 13.8. The lowest BCUT2D eigenvalue weighted by atomic mass is 10.1. The Morgan fingerprint density at radius 1 is 1.05 bits per heavy atom. The number of ether oxygens (including phenoxy) is 1. The van der Waals surface area contributed by atoms with Crippen LogP contribution in [0.5, 0.6) is 5.75 Å². The van der Waals surface area contributed by atoms with E-state index in [2.05, 4.69) is 31.9 Å². The number of carbonyl (C=O) groups excluding carboxylic acids is 1. The molecule has 0 saturated heterocycles. The van der Waals surface area contributed by atoms with Gasteiger partial charge in [-0.3, -0.25) is 4.79 Å². The first-order chi connectivity index (χ1) is 9.04. The molecule has 0 aromatic heterocycles. The summed E-state index contributed by atoms with van der Waals surface area (Å²) in [6.07, 6.45) is 0. The van der Waals surface area contributed by atoms with Gasteiger partial charge in [0.15, 0.2) is 12.4 Å². The Labute approximate surface area is 126 Å². The van der Waals surface area contributed by atoms with E-state index in [9.17, 15) is 9.18 Å². The smallest absolute Gasteiger partial charge is 0.200 e. The lowest BCUT2D eigenvalue weighted by Crippen LogP contribution is -2.11. The van der Waals surface area contributed by atoms with Gasteiger partial charge in [-0.2, -0.15) is 0 Å². The number of hydrogen-bond donors (Lipinski definition) is 0. The van der Waals surface area contributed by atoms with Gasteiger partial charge in [0, 0.05) is 20.6 Å². The summed E-state index contributed by atoms with van der Waals surface area (Å²) >= 11 is 6.46. The highest BCUT2D eigenvalue weighted by Gasteiger charge is 2.07. The number of ketones is 1. The summed E-state index contributed by atoms with van der Waals surface area (Å²) in [4.78, 5) is 11.9. The topological polar surface area (TPSA) is 26.3 Å². The van der Waals surface area contributed by atoms with E-state index in [0.717, 1.165) is 4.47 Å². The van der Waals surface area contributed by atoms with E-state index in [1.165, 1.54) is 12.1 Å². The molecule has 0 fully saturated rings. The molecule has 0 spiro atoms. The fourth-order valence-electron chi connectivity index (χ4n) is 1.48. The molecule has 2 aromatic rings. The van der Waals surface area contributed by atoms with Gasteiger partial charge in [0.2, 0.25) is 0 Å². The van der Waals surface area contributed by atoms with Gasteiger partial charge < -0.3 is 4.74 Å². The van der Waals surface area contributed by atoms with Crippen LogP contribution in [0.4, 0.5) is 4.39 Å². The van der Waals surface area contributed by atoms with Gasteiger partial charge in [0.05, 0.1) is 0 Å². The van der Waals surface area contributed by atoms with E-state index in [-0.39, 0.29) is 12.4 Å². The third-order valence-electron chi connectivity index (χ3n) is 2.37. The maximum Gasteiger partial charge on any atom is 0.200 e. The van der Waals surface area contributed by atoms with Crippen molar-refractivity contribution >= 4 is 37.6 Å². The van der Waals surface area contributed by atoms with Crippen molar-refractivity contribution in [3.63, 3.8) is 0 Å². The van der Waals surface area contributed by atoms with Gasteiger partial charge in [-0.25, -0.2) is 4.39 Å². The molecule has 5 heteroatoms. The lowest BCUT2D eigenvalue weighted by molar-refractivity contribution is 0.0921. The molecule has 19 heavy (non-hydrogen) atoms.